The Morgan fingerprint density at radius 3 is 1.00 bits per heavy atom. The summed E-state index contributed by atoms with van der Waals surface area (Å²) in [6, 6.07) is 16.4. The van der Waals surface area contributed by atoms with E-state index in [1.165, 1.54) is 72.8 Å². The first-order valence-electron chi connectivity index (χ1n) is 10.5. The molecule has 0 heterocycles. The van der Waals surface area contributed by atoms with Crippen molar-refractivity contribution in [2.75, 3.05) is 19.8 Å². The van der Waals surface area contributed by atoms with Crippen LogP contribution in [-0.2, 0) is 14.2 Å². The molecule has 0 saturated heterocycles. The Morgan fingerprint density at radius 2 is 0.771 bits per heavy atom. The lowest BCUT2D eigenvalue weighted by Gasteiger charge is -2.28. The number of rotatable bonds is 9. The van der Waals surface area contributed by atoms with Crippen LogP contribution in [0.2, 0.25) is 0 Å². The predicted molar refractivity (Wildman–Crippen MR) is 123 cm³/mol. The number of aromatic hydroxyl groups is 3. The molecular formula is C26H24O9. The van der Waals surface area contributed by atoms with E-state index >= 15 is 0 Å². The Kier molecular flexibility index (Phi) is 7.93. The monoisotopic (exact) mass is 480 g/mol. The van der Waals surface area contributed by atoms with Gasteiger partial charge in [-0.2, -0.15) is 0 Å². The third-order valence-electron chi connectivity index (χ3n) is 4.96. The van der Waals surface area contributed by atoms with E-state index in [-0.39, 0.29) is 53.8 Å². The summed E-state index contributed by atoms with van der Waals surface area (Å²) in [5, 5.41) is 28.1. The van der Waals surface area contributed by atoms with Gasteiger partial charge in [-0.1, -0.05) is 0 Å². The summed E-state index contributed by atoms with van der Waals surface area (Å²) in [4.78, 5) is 37.3. The fourth-order valence-electron chi connectivity index (χ4n) is 2.89. The third-order valence-corrected chi connectivity index (χ3v) is 4.96. The van der Waals surface area contributed by atoms with Crippen LogP contribution in [0.1, 0.15) is 38.0 Å². The first-order valence-corrected chi connectivity index (χ1v) is 10.5. The first kappa shape index (κ1) is 25.1. The zero-order chi connectivity index (χ0) is 25.4. The largest absolute Gasteiger partial charge is 0.508 e. The number of phenolic OH excluding ortho intramolecular Hbond substituents is 3. The molecule has 3 aromatic rings. The fourth-order valence-corrected chi connectivity index (χ4v) is 2.89. The van der Waals surface area contributed by atoms with E-state index in [0.29, 0.717) is 0 Å². The van der Waals surface area contributed by atoms with Crippen molar-refractivity contribution in [3.8, 4) is 17.2 Å². The molecule has 0 radical (unpaired) electrons. The number of benzene rings is 3. The van der Waals surface area contributed by atoms with Crippen molar-refractivity contribution in [3.63, 3.8) is 0 Å². The molecule has 0 fully saturated rings. The van der Waals surface area contributed by atoms with Gasteiger partial charge >= 0.3 is 17.9 Å². The molecule has 0 aromatic heterocycles. The number of esters is 3. The Morgan fingerprint density at radius 1 is 0.543 bits per heavy atom. The van der Waals surface area contributed by atoms with E-state index in [4.69, 9.17) is 14.2 Å². The lowest BCUT2D eigenvalue weighted by molar-refractivity contribution is -0.0287. The van der Waals surface area contributed by atoms with Gasteiger partial charge in [0.05, 0.1) is 22.1 Å². The molecule has 3 aromatic carbocycles. The van der Waals surface area contributed by atoms with E-state index in [9.17, 15) is 29.7 Å². The molecule has 3 N–H and O–H groups in total. The van der Waals surface area contributed by atoms with Gasteiger partial charge in [-0.15, -0.1) is 0 Å². The Balaban J connectivity index is 1.68. The van der Waals surface area contributed by atoms with Gasteiger partial charge < -0.3 is 29.5 Å². The minimum Gasteiger partial charge on any atom is -0.508 e. The molecule has 0 aliphatic carbocycles. The lowest BCUT2D eigenvalue weighted by Crippen LogP contribution is -2.37. The van der Waals surface area contributed by atoms with Gasteiger partial charge in [0, 0.05) is 0 Å². The molecule has 0 atom stereocenters. The lowest BCUT2D eigenvalue weighted by atomic mass is 9.94. The highest BCUT2D eigenvalue weighted by Gasteiger charge is 2.31. The zero-order valence-electron chi connectivity index (χ0n) is 18.8. The van der Waals surface area contributed by atoms with Crippen molar-refractivity contribution in [1.29, 1.82) is 0 Å². The molecule has 9 heteroatoms. The summed E-state index contributed by atoms with van der Waals surface area (Å²) in [5.74, 6) is -2.04. The maximum absolute atomic E-state index is 12.4. The molecule has 0 unspecified atom stereocenters. The standard InChI is InChI=1S/C26H24O9/c1-26(14-33-23(30)17-2-8-20(27)9-3-17,15-34-24(31)18-4-10-21(28)11-5-18)16-35-25(32)19-6-12-22(29)13-7-19/h2-13,27-29H,14-16H2,1H3. The highest BCUT2D eigenvalue weighted by atomic mass is 16.6. The van der Waals surface area contributed by atoms with Crippen LogP contribution in [0, 0.1) is 5.41 Å². The van der Waals surface area contributed by atoms with Crippen molar-refractivity contribution >= 4 is 17.9 Å². The summed E-state index contributed by atoms with van der Waals surface area (Å²) < 4.78 is 16.1. The summed E-state index contributed by atoms with van der Waals surface area (Å²) in [7, 11) is 0. The summed E-state index contributed by atoms with van der Waals surface area (Å²) in [5.41, 5.74) is -0.502. The van der Waals surface area contributed by atoms with Gasteiger partial charge in [-0.05, 0) is 79.7 Å². The van der Waals surface area contributed by atoms with Crippen LogP contribution < -0.4 is 0 Å². The van der Waals surface area contributed by atoms with E-state index in [1.54, 1.807) is 6.92 Å². The number of phenols is 3. The van der Waals surface area contributed by atoms with Gasteiger partial charge in [-0.3, -0.25) is 0 Å². The van der Waals surface area contributed by atoms with Crippen molar-refractivity contribution < 1.29 is 43.9 Å². The molecule has 35 heavy (non-hydrogen) atoms. The smallest absolute Gasteiger partial charge is 0.338 e. The first-order chi connectivity index (χ1) is 16.6. The van der Waals surface area contributed by atoms with Gasteiger partial charge in [0.25, 0.3) is 0 Å². The van der Waals surface area contributed by atoms with Crippen LogP contribution in [0.15, 0.2) is 72.8 Å². The molecule has 9 nitrogen and oxygen atoms in total. The maximum Gasteiger partial charge on any atom is 0.338 e. The van der Waals surface area contributed by atoms with Gasteiger partial charge in [-0.25, -0.2) is 14.4 Å². The maximum atomic E-state index is 12.4. The van der Waals surface area contributed by atoms with Gasteiger partial charge in [0.15, 0.2) is 0 Å². The minimum absolute atomic E-state index is 0.00586. The van der Waals surface area contributed by atoms with Crippen LogP contribution >= 0.6 is 0 Å². The van der Waals surface area contributed by atoms with Gasteiger partial charge in [0.2, 0.25) is 0 Å². The Bertz CT molecular complexity index is 1020. The van der Waals surface area contributed by atoms with Crippen molar-refractivity contribution in [3.05, 3.63) is 89.5 Å². The molecule has 0 bridgehead atoms. The van der Waals surface area contributed by atoms with E-state index in [1.807, 2.05) is 0 Å². The normalized spacial score (nSPS) is 10.9. The fraction of sp³-hybridized carbons (Fsp3) is 0.192. The van der Waals surface area contributed by atoms with Crippen LogP contribution in [0.5, 0.6) is 17.2 Å². The average Bonchev–Trinajstić information content (AvgIpc) is 2.86. The minimum atomic E-state index is -1.11. The zero-order valence-corrected chi connectivity index (χ0v) is 18.8. The Labute approximate surface area is 201 Å². The van der Waals surface area contributed by atoms with Crippen LogP contribution in [0.3, 0.4) is 0 Å². The average molecular weight is 480 g/mol. The molecule has 0 spiro atoms. The molecule has 0 amide bonds. The number of hydrogen-bond donors (Lipinski definition) is 3. The van der Waals surface area contributed by atoms with E-state index in [2.05, 4.69) is 0 Å². The number of carbonyl (C=O) groups excluding carboxylic acids is 3. The van der Waals surface area contributed by atoms with Crippen LogP contribution in [0.25, 0.3) is 0 Å². The van der Waals surface area contributed by atoms with Crippen molar-refractivity contribution in [2.24, 2.45) is 5.41 Å². The predicted octanol–water partition coefficient (Wildman–Crippen LogP) is 3.68. The Hall–Kier alpha value is -4.53. The molecule has 0 aliphatic heterocycles. The topological polar surface area (TPSA) is 140 Å². The van der Waals surface area contributed by atoms with E-state index < -0.39 is 23.3 Å². The SMILES string of the molecule is CC(COC(=O)c1ccc(O)cc1)(COC(=O)c1ccc(O)cc1)COC(=O)c1ccc(O)cc1. The quantitative estimate of drug-likeness (QED) is 0.309. The number of hydrogen-bond acceptors (Lipinski definition) is 9. The molecule has 182 valence electrons. The summed E-state index contributed by atoms with van der Waals surface area (Å²) >= 11 is 0. The second-order valence-electron chi connectivity index (χ2n) is 8.18. The summed E-state index contributed by atoms with van der Waals surface area (Å²) in [6.07, 6.45) is 0. The highest BCUT2D eigenvalue weighted by molar-refractivity contribution is 5.90. The molecule has 0 aliphatic rings. The van der Waals surface area contributed by atoms with Crippen molar-refractivity contribution in [2.45, 2.75) is 6.92 Å². The molecule has 3 rings (SSSR count). The molecular weight excluding hydrogens is 456 g/mol. The molecule has 0 saturated carbocycles. The van der Waals surface area contributed by atoms with Crippen molar-refractivity contribution in [1.82, 2.24) is 0 Å². The van der Waals surface area contributed by atoms with E-state index in [0.717, 1.165) is 0 Å². The second-order valence-corrected chi connectivity index (χ2v) is 8.18. The van der Waals surface area contributed by atoms with Crippen LogP contribution in [0.4, 0.5) is 0 Å². The summed E-state index contributed by atoms with van der Waals surface area (Å²) in [6.45, 7) is 0.862. The second kappa shape index (κ2) is 11.1. The highest BCUT2D eigenvalue weighted by Crippen LogP contribution is 2.22. The number of carbonyl (C=O) groups is 3. The van der Waals surface area contributed by atoms with Crippen LogP contribution in [-0.4, -0.2) is 53.0 Å². The van der Waals surface area contributed by atoms with Gasteiger partial charge in [0.1, 0.15) is 37.1 Å². The third kappa shape index (κ3) is 7.23. The number of ether oxygens (including phenoxy) is 3.